The summed E-state index contributed by atoms with van der Waals surface area (Å²) in [6.07, 6.45) is 2.20. The maximum atomic E-state index is 4.67. The maximum absolute atomic E-state index is 4.67. The highest BCUT2D eigenvalue weighted by atomic mass is 15.3. The molecule has 0 unspecified atom stereocenters. The van der Waals surface area contributed by atoms with Crippen molar-refractivity contribution in [1.29, 1.82) is 0 Å². The molecule has 1 aromatic rings. The molecule has 1 aromatic heterocycles. The van der Waals surface area contributed by atoms with Crippen LogP contribution >= 0.6 is 0 Å². The fourth-order valence-corrected chi connectivity index (χ4v) is 3.61. The lowest BCUT2D eigenvalue weighted by Gasteiger charge is -2.21. The first-order valence-electron chi connectivity index (χ1n) is 7.39. The SMILES string of the molecule is Cn1cc(CN2C[C@H]3CNC[C@H]3C2)c(C(C)(C)C)n1. The quantitative estimate of drug-likeness (QED) is 0.874. The van der Waals surface area contributed by atoms with E-state index in [1.54, 1.807) is 0 Å². The van der Waals surface area contributed by atoms with Crippen molar-refractivity contribution < 1.29 is 0 Å². The van der Waals surface area contributed by atoms with Crippen LogP contribution in [0.3, 0.4) is 0 Å². The molecule has 3 heterocycles. The van der Waals surface area contributed by atoms with Gasteiger partial charge in [-0.3, -0.25) is 9.58 Å². The van der Waals surface area contributed by atoms with Crippen LogP contribution in [-0.2, 0) is 19.0 Å². The summed E-state index contributed by atoms with van der Waals surface area (Å²) in [5.74, 6) is 1.74. The number of aryl methyl sites for hydroxylation is 1. The number of nitrogens with zero attached hydrogens (tertiary/aromatic N) is 3. The molecule has 0 spiro atoms. The van der Waals surface area contributed by atoms with Crippen LogP contribution in [0.4, 0.5) is 0 Å². The van der Waals surface area contributed by atoms with Crippen molar-refractivity contribution >= 4 is 0 Å². The molecule has 2 aliphatic heterocycles. The van der Waals surface area contributed by atoms with Crippen molar-refractivity contribution in [1.82, 2.24) is 20.0 Å². The monoisotopic (exact) mass is 262 g/mol. The molecule has 0 amide bonds. The molecule has 2 saturated heterocycles. The summed E-state index contributed by atoms with van der Waals surface area (Å²) < 4.78 is 1.97. The minimum Gasteiger partial charge on any atom is -0.316 e. The highest BCUT2D eigenvalue weighted by Crippen LogP contribution is 2.30. The minimum atomic E-state index is 0.133. The number of likely N-dealkylation sites (tertiary alicyclic amines) is 1. The van der Waals surface area contributed by atoms with Crippen LogP contribution in [0.25, 0.3) is 0 Å². The normalized spacial score (nSPS) is 28.0. The first kappa shape index (κ1) is 13.1. The van der Waals surface area contributed by atoms with Crippen molar-refractivity contribution in [2.45, 2.75) is 32.7 Å². The van der Waals surface area contributed by atoms with Crippen LogP contribution < -0.4 is 5.32 Å². The number of aromatic nitrogens is 2. The second-order valence-corrected chi connectivity index (χ2v) is 7.30. The number of fused-ring (bicyclic) bond motifs is 1. The Bertz CT molecular complexity index is 445. The van der Waals surface area contributed by atoms with E-state index in [1.807, 2.05) is 11.7 Å². The predicted molar refractivity (Wildman–Crippen MR) is 77.0 cm³/mol. The van der Waals surface area contributed by atoms with Crippen LogP contribution in [0, 0.1) is 11.8 Å². The van der Waals surface area contributed by atoms with Gasteiger partial charge in [-0.15, -0.1) is 0 Å². The van der Waals surface area contributed by atoms with Crippen molar-refractivity contribution in [3.63, 3.8) is 0 Å². The van der Waals surface area contributed by atoms with E-state index in [0.717, 1.165) is 18.4 Å². The van der Waals surface area contributed by atoms with E-state index in [4.69, 9.17) is 0 Å². The molecule has 106 valence electrons. The molecule has 1 N–H and O–H groups in total. The van der Waals surface area contributed by atoms with E-state index in [-0.39, 0.29) is 5.41 Å². The first-order chi connectivity index (χ1) is 8.93. The molecule has 2 atom stereocenters. The summed E-state index contributed by atoms with van der Waals surface area (Å²) >= 11 is 0. The molecular formula is C15H26N4. The van der Waals surface area contributed by atoms with Crippen LogP contribution in [0.15, 0.2) is 6.20 Å². The number of hydrogen-bond donors (Lipinski definition) is 1. The zero-order valence-electron chi connectivity index (χ0n) is 12.6. The van der Waals surface area contributed by atoms with E-state index in [9.17, 15) is 0 Å². The molecule has 0 radical (unpaired) electrons. The van der Waals surface area contributed by atoms with E-state index in [2.05, 4.69) is 42.3 Å². The van der Waals surface area contributed by atoms with Gasteiger partial charge in [0.2, 0.25) is 0 Å². The molecule has 0 aliphatic carbocycles. The smallest absolute Gasteiger partial charge is 0.0722 e. The third kappa shape index (κ3) is 2.56. The van der Waals surface area contributed by atoms with Crippen LogP contribution in [0.2, 0.25) is 0 Å². The van der Waals surface area contributed by atoms with E-state index in [1.165, 1.54) is 37.4 Å². The molecule has 4 heteroatoms. The Hall–Kier alpha value is -0.870. The number of rotatable bonds is 2. The zero-order valence-corrected chi connectivity index (χ0v) is 12.6. The summed E-state index contributed by atoms with van der Waals surface area (Å²) in [7, 11) is 2.03. The molecule has 2 aliphatic rings. The van der Waals surface area contributed by atoms with Gasteiger partial charge >= 0.3 is 0 Å². The Labute approximate surface area is 116 Å². The largest absolute Gasteiger partial charge is 0.316 e. The van der Waals surface area contributed by atoms with Gasteiger partial charge in [-0.25, -0.2) is 0 Å². The van der Waals surface area contributed by atoms with Gasteiger partial charge in [-0.1, -0.05) is 20.8 Å². The fraction of sp³-hybridized carbons (Fsp3) is 0.800. The topological polar surface area (TPSA) is 33.1 Å². The first-order valence-corrected chi connectivity index (χ1v) is 7.39. The Morgan fingerprint density at radius 3 is 2.47 bits per heavy atom. The van der Waals surface area contributed by atoms with Gasteiger partial charge in [0.25, 0.3) is 0 Å². The molecule has 3 rings (SSSR count). The van der Waals surface area contributed by atoms with E-state index < -0.39 is 0 Å². The fourth-order valence-electron chi connectivity index (χ4n) is 3.61. The van der Waals surface area contributed by atoms with Gasteiger partial charge in [0.15, 0.2) is 0 Å². The minimum absolute atomic E-state index is 0.133. The van der Waals surface area contributed by atoms with Gasteiger partial charge in [-0.2, -0.15) is 5.10 Å². The van der Waals surface area contributed by atoms with Crippen molar-refractivity contribution in [2.24, 2.45) is 18.9 Å². The van der Waals surface area contributed by atoms with Gasteiger partial charge in [0.05, 0.1) is 5.69 Å². The third-order valence-electron chi connectivity index (χ3n) is 4.47. The summed E-state index contributed by atoms with van der Waals surface area (Å²) in [5, 5.41) is 8.18. The van der Waals surface area contributed by atoms with Crippen molar-refractivity contribution in [2.75, 3.05) is 26.2 Å². The second-order valence-electron chi connectivity index (χ2n) is 7.30. The van der Waals surface area contributed by atoms with Crippen LogP contribution in [-0.4, -0.2) is 40.9 Å². The summed E-state index contributed by atoms with van der Waals surface area (Å²) in [5.41, 5.74) is 2.79. The van der Waals surface area contributed by atoms with Gasteiger partial charge in [0.1, 0.15) is 0 Å². The Morgan fingerprint density at radius 2 is 1.89 bits per heavy atom. The number of nitrogens with one attached hydrogen (secondary N) is 1. The molecule has 0 saturated carbocycles. The van der Waals surface area contributed by atoms with Gasteiger partial charge in [-0.05, 0) is 24.9 Å². The van der Waals surface area contributed by atoms with Gasteiger partial charge in [0, 0.05) is 43.9 Å². The van der Waals surface area contributed by atoms with Crippen LogP contribution in [0.1, 0.15) is 32.0 Å². The number of hydrogen-bond acceptors (Lipinski definition) is 3. The highest BCUT2D eigenvalue weighted by Gasteiger charge is 2.36. The van der Waals surface area contributed by atoms with Crippen LogP contribution in [0.5, 0.6) is 0 Å². The third-order valence-corrected chi connectivity index (χ3v) is 4.47. The van der Waals surface area contributed by atoms with Crippen molar-refractivity contribution in [3.05, 3.63) is 17.5 Å². The standard InChI is InChI=1S/C15H26N4/c1-15(2,3)14-13(7-18(4)17-14)10-19-8-11-5-16-6-12(11)9-19/h7,11-12,16H,5-6,8-10H2,1-4H3/t11-,12+. The Balaban J connectivity index is 1.74. The lowest BCUT2D eigenvalue weighted by atomic mass is 9.89. The molecule has 0 bridgehead atoms. The molecule has 4 nitrogen and oxygen atoms in total. The second kappa shape index (κ2) is 4.60. The average Bonchev–Trinajstić information content (AvgIpc) is 2.91. The van der Waals surface area contributed by atoms with Gasteiger partial charge < -0.3 is 5.32 Å². The molecule has 0 aromatic carbocycles. The van der Waals surface area contributed by atoms with E-state index >= 15 is 0 Å². The lowest BCUT2D eigenvalue weighted by Crippen LogP contribution is -2.26. The average molecular weight is 262 g/mol. The van der Waals surface area contributed by atoms with Crippen molar-refractivity contribution in [3.8, 4) is 0 Å². The molecule has 19 heavy (non-hydrogen) atoms. The summed E-state index contributed by atoms with van der Waals surface area (Å²) in [6.45, 7) is 12.7. The van der Waals surface area contributed by atoms with E-state index in [0.29, 0.717) is 0 Å². The Kier molecular flexibility index (Phi) is 3.18. The summed E-state index contributed by atoms with van der Waals surface area (Å²) in [6, 6.07) is 0. The maximum Gasteiger partial charge on any atom is 0.0722 e. The molecule has 2 fully saturated rings. The zero-order chi connectivity index (χ0) is 13.6. The summed E-state index contributed by atoms with van der Waals surface area (Å²) in [4.78, 5) is 2.61. The lowest BCUT2D eigenvalue weighted by molar-refractivity contribution is 0.303. The highest BCUT2D eigenvalue weighted by molar-refractivity contribution is 5.24. The predicted octanol–water partition coefficient (Wildman–Crippen LogP) is 1.37. The Morgan fingerprint density at radius 1 is 1.26 bits per heavy atom. The molecular weight excluding hydrogens is 236 g/mol.